The van der Waals surface area contributed by atoms with E-state index >= 15 is 0 Å². The zero-order valence-corrected chi connectivity index (χ0v) is 13.0. The predicted molar refractivity (Wildman–Crippen MR) is 78.7 cm³/mol. The van der Waals surface area contributed by atoms with Gasteiger partial charge in [0.2, 0.25) is 0 Å². The Bertz CT molecular complexity index is 531. The second-order valence-electron chi connectivity index (χ2n) is 3.83. The molecule has 0 aliphatic carbocycles. The Morgan fingerprint density at radius 1 is 1.33 bits per heavy atom. The first kappa shape index (κ1) is 13.4. The maximum absolute atomic E-state index is 5.75. The molecule has 0 aliphatic heterocycles. The van der Waals surface area contributed by atoms with E-state index in [1.807, 2.05) is 29.8 Å². The molecule has 2 N–H and O–H groups in total. The molecule has 1 heterocycles. The van der Waals surface area contributed by atoms with Crippen LogP contribution in [-0.4, -0.2) is 16.2 Å². The summed E-state index contributed by atoms with van der Waals surface area (Å²) < 4.78 is 9.48. The van der Waals surface area contributed by atoms with Gasteiger partial charge in [0.25, 0.3) is 0 Å². The van der Waals surface area contributed by atoms with E-state index in [1.54, 1.807) is 6.20 Å². The van der Waals surface area contributed by atoms with Crippen molar-refractivity contribution >= 4 is 37.5 Å². The van der Waals surface area contributed by atoms with Crippen LogP contribution in [0.25, 0.3) is 0 Å². The summed E-state index contributed by atoms with van der Waals surface area (Å²) in [6, 6.07) is 3.64. The second kappa shape index (κ2) is 5.75. The third-order valence-corrected chi connectivity index (χ3v) is 3.70. The molecule has 0 amide bonds. The Kier molecular flexibility index (Phi) is 4.29. The minimum absolute atomic E-state index is 0.568. The lowest BCUT2D eigenvalue weighted by atomic mass is 10.3. The van der Waals surface area contributed by atoms with E-state index in [-0.39, 0.29) is 0 Å². The van der Waals surface area contributed by atoms with Gasteiger partial charge in [0.15, 0.2) is 0 Å². The molecule has 0 bridgehead atoms. The summed E-state index contributed by atoms with van der Waals surface area (Å²) in [6.45, 7) is 3.29. The third-order valence-electron chi connectivity index (χ3n) is 2.52. The fourth-order valence-electron chi connectivity index (χ4n) is 1.60. The molecule has 0 saturated heterocycles. The minimum Gasteiger partial charge on any atom is -0.489 e. The number of halogens is 2. The first-order valence-corrected chi connectivity index (χ1v) is 7.01. The van der Waals surface area contributed by atoms with Gasteiger partial charge >= 0.3 is 0 Å². The van der Waals surface area contributed by atoms with E-state index < -0.39 is 0 Å². The lowest BCUT2D eigenvalue weighted by Gasteiger charge is -2.12. The number of imidazole rings is 1. The Morgan fingerprint density at radius 3 is 2.56 bits per heavy atom. The van der Waals surface area contributed by atoms with Gasteiger partial charge in [0.1, 0.15) is 18.2 Å². The Labute approximate surface area is 122 Å². The van der Waals surface area contributed by atoms with E-state index in [0.717, 1.165) is 27.1 Å². The van der Waals surface area contributed by atoms with E-state index in [1.165, 1.54) is 0 Å². The average molecular weight is 375 g/mol. The van der Waals surface area contributed by atoms with Crippen LogP contribution in [0.4, 0.5) is 5.69 Å². The lowest BCUT2D eigenvalue weighted by molar-refractivity contribution is 0.293. The number of nitrogens with zero attached hydrogens (tertiary/aromatic N) is 2. The molecule has 1 aromatic carbocycles. The predicted octanol–water partition coefficient (Wildman–Crippen LogP) is 3.38. The zero-order valence-electron chi connectivity index (χ0n) is 9.86. The highest BCUT2D eigenvalue weighted by atomic mass is 79.9. The summed E-state index contributed by atoms with van der Waals surface area (Å²) >= 11 is 6.87. The maximum atomic E-state index is 5.75. The van der Waals surface area contributed by atoms with Gasteiger partial charge in [-0.3, -0.25) is 0 Å². The highest BCUT2D eigenvalue weighted by Gasteiger charge is 2.08. The summed E-state index contributed by atoms with van der Waals surface area (Å²) in [7, 11) is 0. The molecule has 4 nitrogen and oxygen atoms in total. The summed E-state index contributed by atoms with van der Waals surface area (Å²) in [5.74, 6) is 1.75. The molecule has 1 aromatic heterocycles. The molecule has 2 rings (SSSR count). The maximum Gasteiger partial charge on any atom is 0.147 e. The third kappa shape index (κ3) is 3.05. The molecule has 96 valence electrons. The van der Waals surface area contributed by atoms with Crippen molar-refractivity contribution in [2.24, 2.45) is 0 Å². The highest BCUT2D eigenvalue weighted by Crippen LogP contribution is 2.35. The van der Waals surface area contributed by atoms with Crippen LogP contribution in [0.2, 0.25) is 0 Å². The van der Waals surface area contributed by atoms with Gasteiger partial charge in [0, 0.05) is 18.1 Å². The standard InChI is InChI=1S/C12H13Br2N3O/c1-8-16-2-3-17(8)4-5-18-12-10(13)6-9(15)7-11(12)14/h2-3,6-7H,4-5,15H2,1H3. The number of hydrogen-bond acceptors (Lipinski definition) is 3. The van der Waals surface area contributed by atoms with Crippen molar-refractivity contribution in [1.29, 1.82) is 0 Å². The summed E-state index contributed by atoms with van der Waals surface area (Å²) in [4.78, 5) is 4.16. The summed E-state index contributed by atoms with van der Waals surface area (Å²) in [5, 5.41) is 0. The zero-order chi connectivity index (χ0) is 13.1. The van der Waals surface area contributed by atoms with Crippen molar-refractivity contribution in [1.82, 2.24) is 9.55 Å². The molecule has 0 spiro atoms. The van der Waals surface area contributed by atoms with Crippen LogP contribution in [0.1, 0.15) is 5.82 Å². The molecule has 6 heteroatoms. The van der Waals surface area contributed by atoms with Crippen LogP contribution in [0.5, 0.6) is 5.75 Å². The van der Waals surface area contributed by atoms with Gasteiger partial charge in [-0.1, -0.05) is 0 Å². The number of aromatic nitrogens is 2. The van der Waals surface area contributed by atoms with Crippen molar-refractivity contribution < 1.29 is 4.74 Å². The summed E-state index contributed by atoms with van der Waals surface area (Å²) in [6.07, 6.45) is 3.72. The van der Waals surface area contributed by atoms with Crippen LogP contribution >= 0.6 is 31.9 Å². The monoisotopic (exact) mass is 373 g/mol. The molecule has 0 saturated carbocycles. The van der Waals surface area contributed by atoms with Gasteiger partial charge in [-0.05, 0) is 50.9 Å². The normalized spacial score (nSPS) is 10.6. The van der Waals surface area contributed by atoms with Gasteiger partial charge in [-0.25, -0.2) is 4.98 Å². The molecule has 0 unspecified atom stereocenters. The minimum atomic E-state index is 0.568. The number of hydrogen-bond donors (Lipinski definition) is 1. The molecular formula is C12H13Br2N3O. The fraction of sp³-hybridized carbons (Fsp3) is 0.250. The number of ether oxygens (including phenoxy) is 1. The van der Waals surface area contributed by atoms with Crippen LogP contribution in [0.3, 0.4) is 0 Å². The first-order valence-electron chi connectivity index (χ1n) is 5.43. The number of benzene rings is 1. The van der Waals surface area contributed by atoms with Gasteiger partial charge in [-0.2, -0.15) is 0 Å². The number of nitrogens with two attached hydrogens (primary N) is 1. The SMILES string of the molecule is Cc1nccn1CCOc1c(Br)cc(N)cc1Br. The van der Waals surface area contributed by atoms with Gasteiger partial charge in [0.05, 0.1) is 15.5 Å². The van der Waals surface area contributed by atoms with Crippen LogP contribution < -0.4 is 10.5 Å². The van der Waals surface area contributed by atoms with E-state index in [2.05, 4.69) is 36.8 Å². The molecule has 2 aromatic rings. The van der Waals surface area contributed by atoms with Crippen LogP contribution in [0, 0.1) is 6.92 Å². The number of rotatable bonds is 4. The Hall–Kier alpha value is -1.01. The van der Waals surface area contributed by atoms with Crippen molar-refractivity contribution in [3.05, 3.63) is 39.3 Å². The smallest absolute Gasteiger partial charge is 0.147 e. The lowest BCUT2D eigenvalue weighted by Crippen LogP contribution is -2.09. The van der Waals surface area contributed by atoms with E-state index in [0.29, 0.717) is 12.3 Å². The average Bonchev–Trinajstić information content (AvgIpc) is 2.68. The number of nitrogen functional groups attached to an aromatic ring is 1. The molecule has 0 aliphatic rings. The quantitative estimate of drug-likeness (QED) is 0.834. The van der Waals surface area contributed by atoms with E-state index in [9.17, 15) is 0 Å². The first-order chi connectivity index (χ1) is 8.58. The summed E-state index contributed by atoms with van der Waals surface area (Å²) in [5.41, 5.74) is 6.41. The van der Waals surface area contributed by atoms with Crippen molar-refractivity contribution in [3.63, 3.8) is 0 Å². The molecule has 0 atom stereocenters. The van der Waals surface area contributed by atoms with Crippen LogP contribution in [-0.2, 0) is 6.54 Å². The van der Waals surface area contributed by atoms with Crippen molar-refractivity contribution in [2.45, 2.75) is 13.5 Å². The van der Waals surface area contributed by atoms with Gasteiger partial charge < -0.3 is 15.0 Å². The van der Waals surface area contributed by atoms with E-state index in [4.69, 9.17) is 10.5 Å². The molecule has 18 heavy (non-hydrogen) atoms. The van der Waals surface area contributed by atoms with Gasteiger partial charge in [-0.15, -0.1) is 0 Å². The topological polar surface area (TPSA) is 53.1 Å². The van der Waals surface area contributed by atoms with Crippen molar-refractivity contribution in [3.8, 4) is 5.75 Å². The molecular weight excluding hydrogens is 362 g/mol. The highest BCUT2D eigenvalue weighted by molar-refractivity contribution is 9.11. The largest absolute Gasteiger partial charge is 0.489 e. The number of aryl methyl sites for hydroxylation is 1. The van der Waals surface area contributed by atoms with Crippen LogP contribution in [0.15, 0.2) is 33.5 Å². The Balaban J connectivity index is 2.01. The fourth-order valence-corrected chi connectivity index (χ4v) is 3.05. The number of anilines is 1. The Morgan fingerprint density at radius 2 is 2.00 bits per heavy atom. The van der Waals surface area contributed by atoms with Crippen molar-refractivity contribution in [2.75, 3.05) is 12.3 Å². The second-order valence-corrected chi connectivity index (χ2v) is 5.54. The molecule has 0 radical (unpaired) electrons. The molecule has 0 fully saturated rings.